The van der Waals surface area contributed by atoms with Gasteiger partial charge in [0.05, 0.1) is 17.6 Å². The fourth-order valence-electron chi connectivity index (χ4n) is 1.80. The van der Waals surface area contributed by atoms with Crippen LogP contribution in [0.25, 0.3) is 0 Å². The fraction of sp³-hybridized carbons (Fsp3) is 0.583. The molecule has 0 aliphatic heterocycles. The van der Waals surface area contributed by atoms with E-state index in [9.17, 15) is 14.4 Å². The molecule has 1 aliphatic carbocycles. The highest BCUT2D eigenvalue weighted by atomic mass is 35.5. The molecule has 0 aromatic carbocycles. The molecule has 8 heteroatoms. The number of alkyl halides is 1. The lowest BCUT2D eigenvalue weighted by Crippen LogP contribution is -2.30. The van der Waals surface area contributed by atoms with Crippen LogP contribution in [0.5, 0.6) is 0 Å². The van der Waals surface area contributed by atoms with Crippen molar-refractivity contribution in [3.05, 3.63) is 5.57 Å². The molecule has 0 unspecified atom stereocenters. The van der Waals surface area contributed by atoms with E-state index in [2.05, 4.69) is 5.16 Å². The number of carbonyl (C=O) groups excluding carboxylic acids is 2. The van der Waals surface area contributed by atoms with Crippen LogP contribution in [-0.2, 0) is 24.0 Å². The van der Waals surface area contributed by atoms with Gasteiger partial charge in [-0.15, -0.1) is 11.6 Å². The first-order valence-corrected chi connectivity index (χ1v) is 6.39. The maximum atomic E-state index is 11.2. The number of ketones is 1. The van der Waals surface area contributed by atoms with E-state index in [1.54, 1.807) is 5.94 Å². The lowest BCUT2D eigenvalue weighted by molar-refractivity contribution is -0.130. The van der Waals surface area contributed by atoms with Gasteiger partial charge in [0, 0.05) is 13.5 Å². The molecule has 20 heavy (non-hydrogen) atoms. The zero-order valence-electron chi connectivity index (χ0n) is 10.8. The average Bonchev–Trinajstić information content (AvgIpc) is 2.46. The second kappa shape index (κ2) is 7.79. The number of hydrogen-bond donors (Lipinski definition) is 1. The lowest BCUT2D eigenvalue weighted by Gasteiger charge is -2.26. The van der Waals surface area contributed by atoms with Gasteiger partial charge in [-0.2, -0.15) is 0 Å². The van der Waals surface area contributed by atoms with Gasteiger partial charge in [0.2, 0.25) is 11.5 Å². The van der Waals surface area contributed by atoms with Crippen LogP contribution in [0.3, 0.4) is 0 Å². The standard InChI is InChI=1S/C12H14ClNO6/c1-19-8-2-3-10(7(4-8)6-15)20-14-11(12(17)18)9(16)5-13/h8,10H,2-5H2,1H3,(H,17,18)/t8-,10-/m0/s1. The lowest BCUT2D eigenvalue weighted by atomic mass is 9.91. The molecule has 0 bridgehead atoms. The van der Waals surface area contributed by atoms with Crippen molar-refractivity contribution in [3.63, 3.8) is 0 Å². The summed E-state index contributed by atoms with van der Waals surface area (Å²) in [7, 11) is 1.54. The van der Waals surface area contributed by atoms with Crippen molar-refractivity contribution < 1.29 is 29.1 Å². The summed E-state index contributed by atoms with van der Waals surface area (Å²) in [6.07, 6.45) is 0.601. The van der Waals surface area contributed by atoms with Crippen molar-refractivity contribution in [2.45, 2.75) is 31.5 Å². The number of Topliss-reactive ketones (excluding diaryl/α,β-unsaturated/α-hetero) is 1. The SMILES string of the molecule is CO[C@H]1CC[C@H](ON=C(C(=O)O)C(=O)CCl)C(=C=O)C1. The van der Waals surface area contributed by atoms with Gasteiger partial charge >= 0.3 is 5.97 Å². The summed E-state index contributed by atoms with van der Waals surface area (Å²) in [6, 6.07) is 0. The normalized spacial score (nSPS) is 23.1. The number of rotatable bonds is 6. The van der Waals surface area contributed by atoms with Gasteiger partial charge in [-0.3, -0.25) is 4.79 Å². The number of methoxy groups -OCH3 is 1. The highest BCUT2D eigenvalue weighted by Gasteiger charge is 2.29. The predicted molar refractivity (Wildman–Crippen MR) is 69.5 cm³/mol. The van der Waals surface area contributed by atoms with Gasteiger partial charge < -0.3 is 14.7 Å². The largest absolute Gasteiger partial charge is 0.476 e. The molecule has 1 saturated carbocycles. The summed E-state index contributed by atoms with van der Waals surface area (Å²) in [4.78, 5) is 37.9. The molecule has 1 fully saturated rings. The molecule has 0 saturated heterocycles. The van der Waals surface area contributed by atoms with E-state index in [0.29, 0.717) is 24.8 Å². The Hall–Kier alpha value is -1.69. The summed E-state index contributed by atoms with van der Waals surface area (Å²) >= 11 is 5.27. The Morgan fingerprint density at radius 1 is 1.50 bits per heavy atom. The van der Waals surface area contributed by atoms with Gasteiger partial charge in [-0.25, -0.2) is 9.59 Å². The molecule has 0 heterocycles. The van der Waals surface area contributed by atoms with E-state index in [-0.39, 0.29) is 6.10 Å². The van der Waals surface area contributed by atoms with Gasteiger partial charge in [-0.1, -0.05) is 5.16 Å². The van der Waals surface area contributed by atoms with Gasteiger partial charge in [-0.05, 0) is 12.8 Å². The minimum atomic E-state index is -1.53. The Bertz CT molecular complexity index is 469. The Morgan fingerprint density at radius 2 is 2.20 bits per heavy atom. The van der Waals surface area contributed by atoms with E-state index >= 15 is 0 Å². The monoisotopic (exact) mass is 303 g/mol. The summed E-state index contributed by atoms with van der Waals surface area (Å²) in [6.45, 7) is 0. The third-order valence-electron chi connectivity index (χ3n) is 2.91. The molecule has 2 atom stereocenters. The molecule has 7 nitrogen and oxygen atoms in total. The van der Waals surface area contributed by atoms with Crippen LogP contribution in [-0.4, -0.2) is 53.7 Å². The Kier molecular flexibility index (Phi) is 6.38. The first-order chi connectivity index (χ1) is 9.53. The van der Waals surface area contributed by atoms with E-state index in [1.165, 1.54) is 7.11 Å². The summed E-state index contributed by atoms with van der Waals surface area (Å²) in [5.41, 5.74) is -0.492. The fourth-order valence-corrected chi connectivity index (χ4v) is 1.93. The molecule has 0 spiro atoms. The zero-order valence-corrected chi connectivity index (χ0v) is 11.6. The van der Waals surface area contributed by atoms with Crippen LogP contribution in [0.4, 0.5) is 0 Å². The van der Waals surface area contributed by atoms with Gasteiger partial charge in [0.15, 0.2) is 6.10 Å². The van der Waals surface area contributed by atoms with Crippen molar-refractivity contribution in [1.82, 2.24) is 0 Å². The number of halogens is 1. The van der Waals surface area contributed by atoms with Crippen molar-refractivity contribution >= 4 is 35.0 Å². The quantitative estimate of drug-likeness (QED) is 0.253. The maximum Gasteiger partial charge on any atom is 0.361 e. The van der Waals surface area contributed by atoms with Crippen LogP contribution in [0.15, 0.2) is 10.7 Å². The van der Waals surface area contributed by atoms with Crippen LogP contribution in [0, 0.1) is 0 Å². The maximum absolute atomic E-state index is 11.2. The van der Waals surface area contributed by atoms with Crippen molar-refractivity contribution in [3.8, 4) is 0 Å². The average molecular weight is 304 g/mol. The van der Waals surface area contributed by atoms with E-state index < -0.39 is 29.4 Å². The third kappa shape index (κ3) is 4.16. The number of carboxylic acid groups (broad SMARTS) is 1. The molecular weight excluding hydrogens is 290 g/mol. The Morgan fingerprint density at radius 3 is 2.70 bits per heavy atom. The minimum absolute atomic E-state index is 0.0984. The highest BCUT2D eigenvalue weighted by molar-refractivity contribution is 6.67. The number of oxime groups is 1. The second-order valence-electron chi connectivity index (χ2n) is 4.16. The van der Waals surface area contributed by atoms with E-state index in [4.69, 9.17) is 26.3 Å². The van der Waals surface area contributed by atoms with Crippen molar-refractivity contribution in [2.24, 2.45) is 5.16 Å². The van der Waals surface area contributed by atoms with Crippen molar-refractivity contribution in [1.29, 1.82) is 0 Å². The van der Waals surface area contributed by atoms with Crippen LogP contribution < -0.4 is 0 Å². The van der Waals surface area contributed by atoms with Crippen LogP contribution in [0.1, 0.15) is 19.3 Å². The molecule has 0 aromatic heterocycles. The molecule has 110 valence electrons. The van der Waals surface area contributed by atoms with Crippen molar-refractivity contribution in [2.75, 3.05) is 13.0 Å². The number of carboxylic acids is 1. The first kappa shape index (κ1) is 16.4. The number of aliphatic carboxylic acids is 1. The minimum Gasteiger partial charge on any atom is -0.476 e. The zero-order chi connectivity index (χ0) is 15.1. The Labute approximate surface area is 120 Å². The molecular formula is C12H14ClNO6. The molecule has 0 amide bonds. The highest BCUT2D eigenvalue weighted by Crippen LogP contribution is 2.26. The van der Waals surface area contributed by atoms with Gasteiger partial charge in [0.1, 0.15) is 5.94 Å². The predicted octanol–water partition coefficient (Wildman–Crippen LogP) is 0.577. The second-order valence-corrected chi connectivity index (χ2v) is 4.43. The Balaban J connectivity index is 2.79. The van der Waals surface area contributed by atoms with Crippen LogP contribution in [0.2, 0.25) is 0 Å². The molecule has 1 aliphatic rings. The van der Waals surface area contributed by atoms with Crippen LogP contribution >= 0.6 is 11.6 Å². The first-order valence-electron chi connectivity index (χ1n) is 5.86. The number of hydrogen-bond acceptors (Lipinski definition) is 6. The number of nitrogens with zero attached hydrogens (tertiary/aromatic N) is 1. The molecule has 1 rings (SSSR count). The summed E-state index contributed by atoms with van der Waals surface area (Å²) in [5.74, 6) is -1.15. The molecule has 0 aromatic rings. The summed E-state index contributed by atoms with van der Waals surface area (Å²) in [5, 5.41) is 12.1. The van der Waals surface area contributed by atoms with E-state index in [0.717, 1.165) is 0 Å². The smallest absolute Gasteiger partial charge is 0.361 e. The summed E-state index contributed by atoms with van der Waals surface area (Å²) < 4.78 is 5.13. The molecule has 0 radical (unpaired) electrons. The topological polar surface area (TPSA) is 102 Å². The molecule has 1 N–H and O–H groups in total. The van der Waals surface area contributed by atoms with E-state index in [1.807, 2.05) is 0 Å². The number of carbonyl (C=O) groups is 2. The van der Waals surface area contributed by atoms with Gasteiger partial charge in [0.25, 0.3) is 0 Å². The third-order valence-corrected chi connectivity index (χ3v) is 3.15. The number of ether oxygens (including phenoxy) is 1.